The fraction of sp³-hybridized carbons (Fsp3) is 0.200. The molecule has 12 heteroatoms. The third-order valence-corrected chi connectivity index (χ3v) is 21.3. The van der Waals surface area contributed by atoms with Crippen LogP contribution in [0.15, 0.2) is 72.5 Å². The lowest BCUT2D eigenvalue weighted by molar-refractivity contribution is 1.27. The Bertz CT molecular complexity index is 3480. The number of nitrogens with zero attached hydrogens (tertiary/aromatic N) is 2. The maximum Gasteiger partial charge on any atom is 0.0891 e. The number of halogens is 8. The average molecular weight is 1400 g/mol. The molecule has 2 N–H and O–H groups in total. The van der Waals surface area contributed by atoms with Crippen molar-refractivity contribution in [3.63, 3.8) is 0 Å². The summed E-state index contributed by atoms with van der Waals surface area (Å²) in [6.07, 6.45) is 0. The van der Waals surface area contributed by atoms with Crippen molar-refractivity contribution in [3.8, 4) is 44.5 Å². The van der Waals surface area contributed by atoms with Crippen LogP contribution in [-0.2, 0) is 0 Å². The molecular formula is C55H44Br8N4. The Kier molecular flexibility index (Phi) is 13.6. The number of aromatic nitrogens is 4. The summed E-state index contributed by atoms with van der Waals surface area (Å²) in [5, 5.41) is 0. The highest BCUT2D eigenvalue weighted by atomic mass is 79.9. The van der Waals surface area contributed by atoms with E-state index in [0.717, 1.165) is 170 Å². The topological polar surface area (TPSA) is 57.4 Å². The van der Waals surface area contributed by atoms with Crippen LogP contribution in [0.5, 0.6) is 0 Å². The normalized spacial score (nSPS) is 12.9. The first kappa shape index (κ1) is 49.3. The zero-order valence-corrected chi connectivity index (χ0v) is 51.3. The lowest BCUT2D eigenvalue weighted by Crippen LogP contribution is -1.97. The van der Waals surface area contributed by atoms with E-state index in [0.29, 0.717) is 0 Å². The largest absolute Gasteiger partial charge is 0.352 e. The van der Waals surface area contributed by atoms with E-state index >= 15 is 0 Å². The summed E-state index contributed by atoms with van der Waals surface area (Å²) in [6.45, 7) is 23.9. The van der Waals surface area contributed by atoms with Gasteiger partial charge in [0.1, 0.15) is 0 Å². The van der Waals surface area contributed by atoms with Gasteiger partial charge >= 0.3 is 0 Å². The van der Waals surface area contributed by atoms with Crippen molar-refractivity contribution >= 4 is 167 Å². The first-order valence-corrected chi connectivity index (χ1v) is 28.0. The van der Waals surface area contributed by atoms with Gasteiger partial charge in [0.05, 0.1) is 80.7 Å². The van der Waals surface area contributed by atoms with Gasteiger partial charge in [0.15, 0.2) is 0 Å². The zero-order chi connectivity index (χ0) is 48.4. The number of aryl methyl sites for hydroxylation is 11. The molecule has 340 valence electrons. The highest BCUT2D eigenvalue weighted by molar-refractivity contribution is 9.18. The number of rotatable bonds is 4. The summed E-state index contributed by atoms with van der Waals surface area (Å²) in [5.74, 6) is 0. The molecule has 2 aliphatic rings. The summed E-state index contributed by atoms with van der Waals surface area (Å²) in [5.41, 5.74) is 27.5. The molecular weight excluding hydrogens is 1360 g/mol. The standard InChI is InChI=1S/C55H44Br8N4/c1-21-15-26(6)33(27(7)16-21)37-50-42(58)40(56)48(64-50)36(32-24(4)13-12-14-25(32)5)49-41(57)43(59)51(65-49)38(34-28(8)17-22(2)18-29(34)9)53-45(61)47(63)55(67-53)39(54-46(62)44(60)52(37)66-54)35-30(10)19-23(3)20-31(35)11/h12-20,64,67H,1-11H3. The summed E-state index contributed by atoms with van der Waals surface area (Å²) >= 11 is 33.4. The number of H-pyrrole nitrogens is 2. The van der Waals surface area contributed by atoms with Gasteiger partial charge < -0.3 is 9.97 Å². The highest BCUT2D eigenvalue weighted by Crippen LogP contribution is 2.55. The second-order valence-electron chi connectivity index (χ2n) is 18.0. The molecule has 0 unspecified atom stereocenters. The zero-order valence-electron chi connectivity index (χ0n) is 38.6. The highest BCUT2D eigenvalue weighted by Gasteiger charge is 2.33. The van der Waals surface area contributed by atoms with E-state index in [-0.39, 0.29) is 0 Å². The minimum atomic E-state index is 0.786. The molecule has 0 atom stereocenters. The number of fused-ring (bicyclic) bond motifs is 8. The quantitative estimate of drug-likeness (QED) is 0.185. The smallest absolute Gasteiger partial charge is 0.0891 e. The van der Waals surface area contributed by atoms with Crippen LogP contribution in [0.3, 0.4) is 0 Å². The van der Waals surface area contributed by atoms with Gasteiger partial charge in [-0.25, -0.2) is 9.97 Å². The molecule has 0 saturated heterocycles. The maximum absolute atomic E-state index is 5.81. The number of aromatic amines is 2. The number of nitrogens with one attached hydrogen (secondary N) is 2. The van der Waals surface area contributed by atoms with E-state index in [2.05, 4.69) is 268 Å². The Labute approximate surface area is 459 Å². The first-order chi connectivity index (χ1) is 31.6. The van der Waals surface area contributed by atoms with Crippen molar-refractivity contribution in [2.45, 2.75) is 76.2 Å². The van der Waals surface area contributed by atoms with Gasteiger partial charge in [-0.3, -0.25) is 0 Å². The first-order valence-electron chi connectivity index (χ1n) is 21.6. The van der Waals surface area contributed by atoms with Crippen molar-refractivity contribution in [1.82, 2.24) is 19.9 Å². The van der Waals surface area contributed by atoms with E-state index < -0.39 is 0 Å². The Hall–Kier alpha value is -2.68. The second-order valence-corrected chi connectivity index (χ2v) is 24.3. The molecule has 2 aliphatic heterocycles. The number of benzene rings is 4. The molecule has 0 saturated carbocycles. The monoisotopic (exact) mass is 1390 g/mol. The number of hydrogen-bond acceptors (Lipinski definition) is 2. The van der Waals surface area contributed by atoms with E-state index in [1.807, 2.05) is 0 Å². The molecule has 9 rings (SSSR count). The lowest BCUT2D eigenvalue weighted by atomic mass is 9.92. The third kappa shape index (κ3) is 8.11. The predicted octanol–water partition coefficient (Wildman–Crippen LogP) is 20.7. The fourth-order valence-corrected chi connectivity index (χ4v) is 14.4. The van der Waals surface area contributed by atoms with Gasteiger partial charge in [-0.05, 0) is 270 Å². The summed E-state index contributed by atoms with van der Waals surface area (Å²) in [7, 11) is 0. The van der Waals surface area contributed by atoms with Gasteiger partial charge in [0.25, 0.3) is 0 Å². The van der Waals surface area contributed by atoms with Gasteiger partial charge in [-0.1, -0.05) is 71.3 Å². The fourth-order valence-electron chi connectivity index (χ4n) is 10.5. The minimum Gasteiger partial charge on any atom is -0.352 e. The lowest BCUT2D eigenvalue weighted by Gasteiger charge is -2.15. The van der Waals surface area contributed by atoms with Crippen molar-refractivity contribution in [3.05, 3.63) is 156 Å². The van der Waals surface area contributed by atoms with E-state index in [4.69, 9.17) is 9.97 Å². The van der Waals surface area contributed by atoms with Crippen molar-refractivity contribution in [1.29, 1.82) is 0 Å². The van der Waals surface area contributed by atoms with Gasteiger partial charge in [0, 0.05) is 22.3 Å². The van der Waals surface area contributed by atoms with E-state index in [1.54, 1.807) is 0 Å². The molecule has 7 aromatic rings. The third-order valence-electron chi connectivity index (χ3n) is 12.9. The van der Waals surface area contributed by atoms with Gasteiger partial charge in [-0.15, -0.1) is 0 Å². The molecule has 67 heavy (non-hydrogen) atoms. The van der Waals surface area contributed by atoms with Crippen molar-refractivity contribution < 1.29 is 0 Å². The summed E-state index contributed by atoms with van der Waals surface area (Å²) < 4.78 is 6.83. The van der Waals surface area contributed by atoms with Crippen LogP contribution in [-0.4, -0.2) is 19.9 Å². The molecule has 3 aromatic heterocycles. The second kappa shape index (κ2) is 18.5. The Morgan fingerprint density at radius 2 is 0.507 bits per heavy atom. The van der Waals surface area contributed by atoms with E-state index in [9.17, 15) is 0 Å². The minimum absolute atomic E-state index is 0.786. The molecule has 0 aliphatic carbocycles. The van der Waals surface area contributed by atoms with Crippen LogP contribution in [0.1, 0.15) is 84.0 Å². The van der Waals surface area contributed by atoms with Crippen LogP contribution >= 0.6 is 127 Å². The van der Waals surface area contributed by atoms with Gasteiger partial charge in [-0.2, -0.15) is 0 Å². The Morgan fingerprint density at radius 1 is 0.299 bits per heavy atom. The molecule has 0 radical (unpaired) electrons. The van der Waals surface area contributed by atoms with Crippen molar-refractivity contribution in [2.75, 3.05) is 0 Å². The molecule has 4 nitrogen and oxygen atoms in total. The Balaban J connectivity index is 1.70. The molecule has 8 bridgehead atoms. The van der Waals surface area contributed by atoms with Crippen LogP contribution in [0.4, 0.5) is 0 Å². The predicted molar refractivity (Wildman–Crippen MR) is 315 cm³/mol. The van der Waals surface area contributed by atoms with Crippen LogP contribution in [0.25, 0.3) is 84.5 Å². The SMILES string of the molecule is Cc1cc(C)c(-c2c3nc(c(-c4c(C)cc(C)cc4C)c4[nH]c(c(Br)c4Br)c(-c4c(C)cc(C)cc4C)c4nc(c(-c5c(C)cccc5C)c5[nH]c2c(Br)c5Br)C(Br)=C4Br)C(Br)=C3Br)c(C)c1. The molecule has 0 fully saturated rings. The van der Waals surface area contributed by atoms with E-state index in [1.165, 1.54) is 16.7 Å². The maximum atomic E-state index is 5.81. The molecule has 4 aromatic carbocycles. The average Bonchev–Trinajstić information content (AvgIpc) is 3.90. The van der Waals surface area contributed by atoms with Crippen LogP contribution < -0.4 is 0 Å². The summed E-state index contributed by atoms with van der Waals surface area (Å²) in [4.78, 5) is 19.7. The molecule has 0 amide bonds. The Morgan fingerprint density at radius 3 is 0.731 bits per heavy atom. The number of hydrogen-bond donors (Lipinski definition) is 2. The van der Waals surface area contributed by atoms with Crippen LogP contribution in [0, 0.1) is 76.2 Å². The molecule has 5 heterocycles. The van der Waals surface area contributed by atoms with Gasteiger partial charge in [0.2, 0.25) is 0 Å². The van der Waals surface area contributed by atoms with Crippen molar-refractivity contribution in [2.24, 2.45) is 0 Å². The van der Waals surface area contributed by atoms with Crippen LogP contribution in [0.2, 0.25) is 0 Å². The molecule has 0 spiro atoms. The summed E-state index contributed by atoms with van der Waals surface area (Å²) in [6, 6.07) is 20.0.